The number of nitrogens with zero attached hydrogens (tertiary/aromatic N) is 4. The number of aromatic nitrogens is 2. The highest BCUT2D eigenvalue weighted by Crippen LogP contribution is 2.18. The lowest BCUT2D eigenvalue weighted by molar-refractivity contribution is 1.29. The molecule has 0 fully saturated rings. The van der Waals surface area contributed by atoms with E-state index in [4.69, 9.17) is 0 Å². The lowest BCUT2D eigenvalue weighted by Gasteiger charge is -2.04. The largest absolute Gasteiger partial charge is 0.340 e. The van der Waals surface area contributed by atoms with Crippen LogP contribution in [0.15, 0.2) is 107 Å². The first-order chi connectivity index (χ1) is 14.8. The molecule has 0 aliphatic carbocycles. The number of hydrogen-bond donors (Lipinski definition) is 2. The van der Waals surface area contributed by atoms with Crippen LogP contribution in [0.2, 0.25) is 0 Å². The zero-order valence-corrected chi connectivity index (χ0v) is 16.2. The molecule has 0 aliphatic rings. The van der Waals surface area contributed by atoms with Crippen LogP contribution in [0.25, 0.3) is 0 Å². The van der Waals surface area contributed by atoms with E-state index in [1.807, 2.05) is 84.9 Å². The lowest BCUT2D eigenvalue weighted by Crippen LogP contribution is -1.92. The predicted octanol–water partition coefficient (Wildman–Crippen LogP) is 6.07. The second-order valence-corrected chi connectivity index (χ2v) is 6.34. The molecule has 146 valence electrons. The minimum Gasteiger partial charge on any atom is -0.340 e. The van der Waals surface area contributed by atoms with Crippen LogP contribution in [0, 0.1) is 0 Å². The molecule has 0 amide bonds. The molecule has 0 spiro atoms. The molecular weight excluding hydrogens is 372 g/mol. The summed E-state index contributed by atoms with van der Waals surface area (Å²) >= 11 is 0. The number of anilines is 4. The molecule has 30 heavy (non-hydrogen) atoms. The molecule has 0 radical (unpaired) electrons. The Bertz CT molecular complexity index is 1010. The summed E-state index contributed by atoms with van der Waals surface area (Å²) in [6.07, 6.45) is 6.69. The van der Waals surface area contributed by atoms with Gasteiger partial charge in [-0.15, -0.1) is 0 Å². The van der Waals surface area contributed by atoms with Crippen LogP contribution in [0.4, 0.5) is 34.4 Å². The van der Waals surface area contributed by atoms with Gasteiger partial charge in [-0.05, 0) is 48.5 Å². The SMILES string of the molecule is C(C=Nc1ccc(Nc2ccccc2)nc1)=Nc1ccc(Nc2ccccc2)nc1. The Morgan fingerprint density at radius 3 is 1.33 bits per heavy atom. The normalized spacial score (nSPS) is 11.1. The fourth-order valence-electron chi connectivity index (χ4n) is 2.65. The molecule has 4 rings (SSSR count). The molecule has 6 nitrogen and oxygen atoms in total. The van der Waals surface area contributed by atoms with Gasteiger partial charge in [-0.3, -0.25) is 9.98 Å². The third-order valence-corrected chi connectivity index (χ3v) is 4.10. The first-order valence-electron chi connectivity index (χ1n) is 9.48. The van der Waals surface area contributed by atoms with Crippen molar-refractivity contribution in [2.75, 3.05) is 10.6 Å². The van der Waals surface area contributed by atoms with E-state index < -0.39 is 0 Å². The van der Waals surface area contributed by atoms with E-state index in [2.05, 4.69) is 30.6 Å². The van der Waals surface area contributed by atoms with Crippen LogP contribution in [-0.4, -0.2) is 22.4 Å². The van der Waals surface area contributed by atoms with Crippen LogP contribution in [0.5, 0.6) is 0 Å². The highest BCUT2D eigenvalue weighted by molar-refractivity contribution is 6.17. The average molecular weight is 392 g/mol. The molecule has 0 saturated heterocycles. The Morgan fingerprint density at radius 2 is 0.967 bits per heavy atom. The summed E-state index contributed by atoms with van der Waals surface area (Å²) in [5.41, 5.74) is 3.49. The Kier molecular flexibility index (Phi) is 6.18. The van der Waals surface area contributed by atoms with E-state index in [0.29, 0.717) is 0 Å². The summed E-state index contributed by atoms with van der Waals surface area (Å²) in [6.45, 7) is 0. The number of aliphatic imine (C=N–C) groups is 2. The van der Waals surface area contributed by atoms with Gasteiger partial charge in [-0.2, -0.15) is 0 Å². The molecule has 4 aromatic rings. The first kappa shape index (κ1) is 19.0. The summed E-state index contributed by atoms with van der Waals surface area (Å²) in [4.78, 5) is 17.4. The Hall–Kier alpha value is -4.32. The van der Waals surface area contributed by atoms with Crippen molar-refractivity contribution in [2.45, 2.75) is 0 Å². The molecule has 0 bridgehead atoms. The van der Waals surface area contributed by atoms with Gasteiger partial charge >= 0.3 is 0 Å². The van der Waals surface area contributed by atoms with E-state index >= 15 is 0 Å². The summed E-state index contributed by atoms with van der Waals surface area (Å²) in [5, 5.41) is 6.48. The molecular formula is C24H20N6. The lowest BCUT2D eigenvalue weighted by atomic mass is 10.3. The molecule has 0 unspecified atom stereocenters. The molecule has 6 heteroatoms. The molecule has 2 aromatic carbocycles. The van der Waals surface area contributed by atoms with E-state index in [-0.39, 0.29) is 0 Å². The van der Waals surface area contributed by atoms with Gasteiger partial charge in [-0.25, -0.2) is 9.97 Å². The monoisotopic (exact) mass is 392 g/mol. The van der Waals surface area contributed by atoms with Crippen molar-refractivity contribution in [3.05, 3.63) is 97.3 Å². The number of para-hydroxylation sites is 2. The zero-order valence-electron chi connectivity index (χ0n) is 16.2. The fraction of sp³-hybridized carbons (Fsp3) is 0. The summed E-state index contributed by atoms with van der Waals surface area (Å²) in [6, 6.07) is 27.4. The van der Waals surface area contributed by atoms with Crippen molar-refractivity contribution >= 4 is 46.8 Å². The quantitative estimate of drug-likeness (QED) is 0.374. The van der Waals surface area contributed by atoms with Crippen LogP contribution in [-0.2, 0) is 0 Å². The van der Waals surface area contributed by atoms with Crippen molar-refractivity contribution in [3.63, 3.8) is 0 Å². The topological polar surface area (TPSA) is 74.6 Å². The standard InChI is InChI=1S/C24H20N6/c1-3-7-19(8-4-1)29-23-13-11-21(17-27-23)25-15-16-26-22-12-14-24(28-18-22)30-20-9-5-2-6-10-20/h1-18H,(H,27,29)(H,28,30). The van der Waals surface area contributed by atoms with Crippen molar-refractivity contribution in [1.82, 2.24) is 9.97 Å². The minimum atomic E-state index is 0.751. The van der Waals surface area contributed by atoms with Crippen molar-refractivity contribution < 1.29 is 0 Å². The number of benzene rings is 2. The minimum absolute atomic E-state index is 0.751. The molecule has 0 aliphatic heterocycles. The number of pyridine rings is 2. The van der Waals surface area contributed by atoms with Gasteiger partial charge in [0, 0.05) is 23.8 Å². The highest BCUT2D eigenvalue weighted by Gasteiger charge is 1.96. The average Bonchev–Trinajstić information content (AvgIpc) is 2.80. The van der Waals surface area contributed by atoms with Gasteiger partial charge in [0.25, 0.3) is 0 Å². The second kappa shape index (κ2) is 9.75. The van der Waals surface area contributed by atoms with Gasteiger partial charge in [0.15, 0.2) is 0 Å². The second-order valence-electron chi connectivity index (χ2n) is 6.34. The molecule has 0 saturated carbocycles. The smallest absolute Gasteiger partial charge is 0.130 e. The van der Waals surface area contributed by atoms with E-state index in [1.54, 1.807) is 24.8 Å². The van der Waals surface area contributed by atoms with E-state index in [1.165, 1.54) is 0 Å². The van der Waals surface area contributed by atoms with Crippen molar-refractivity contribution in [1.29, 1.82) is 0 Å². The number of rotatable bonds is 7. The maximum absolute atomic E-state index is 4.37. The van der Waals surface area contributed by atoms with E-state index in [9.17, 15) is 0 Å². The first-order valence-corrected chi connectivity index (χ1v) is 9.48. The number of hydrogen-bond acceptors (Lipinski definition) is 6. The van der Waals surface area contributed by atoms with E-state index in [0.717, 1.165) is 34.4 Å². The Labute approximate surface area is 175 Å². The van der Waals surface area contributed by atoms with Crippen molar-refractivity contribution in [2.24, 2.45) is 9.98 Å². The molecule has 2 heterocycles. The summed E-state index contributed by atoms with van der Waals surface area (Å²) in [7, 11) is 0. The summed E-state index contributed by atoms with van der Waals surface area (Å²) < 4.78 is 0. The third-order valence-electron chi connectivity index (χ3n) is 4.10. The van der Waals surface area contributed by atoms with Crippen LogP contribution in [0.1, 0.15) is 0 Å². The third kappa shape index (κ3) is 5.59. The zero-order chi connectivity index (χ0) is 20.4. The predicted molar refractivity (Wildman–Crippen MR) is 124 cm³/mol. The van der Waals surface area contributed by atoms with Gasteiger partial charge in [0.05, 0.1) is 23.8 Å². The van der Waals surface area contributed by atoms with Crippen molar-refractivity contribution in [3.8, 4) is 0 Å². The Balaban J connectivity index is 1.30. The molecule has 2 aromatic heterocycles. The highest BCUT2D eigenvalue weighted by atomic mass is 15.0. The maximum Gasteiger partial charge on any atom is 0.130 e. The molecule has 0 atom stereocenters. The maximum atomic E-state index is 4.37. The van der Waals surface area contributed by atoms with Crippen LogP contribution in [0.3, 0.4) is 0 Å². The number of nitrogens with one attached hydrogen (secondary N) is 2. The van der Waals surface area contributed by atoms with Gasteiger partial charge in [-0.1, -0.05) is 36.4 Å². The van der Waals surface area contributed by atoms with Gasteiger partial charge in [0.1, 0.15) is 11.6 Å². The van der Waals surface area contributed by atoms with Gasteiger partial charge < -0.3 is 10.6 Å². The Morgan fingerprint density at radius 1 is 0.533 bits per heavy atom. The van der Waals surface area contributed by atoms with Crippen LogP contribution >= 0.6 is 0 Å². The summed E-state index contributed by atoms with van der Waals surface area (Å²) in [5.74, 6) is 1.54. The van der Waals surface area contributed by atoms with Crippen LogP contribution < -0.4 is 10.6 Å². The molecule has 2 N–H and O–H groups in total. The fourth-order valence-corrected chi connectivity index (χ4v) is 2.65. The van der Waals surface area contributed by atoms with Gasteiger partial charge in [0.2, 0.25) is 0 Å².